The lowest BCUT2D eigenvalue weighted by Crippen LogP contribution is -2.28. The fraction of sp³-hybridized carbons (Fsp3) is 0.286. The van der Waals surface area contributed by atoms with Gasteiger partial charge >= 0.3 is 6.01 Å². The number of aryl methyl sites for hydroxylation is 2. The lowest BCUT2D eigenvalue weighted by atomic mass is 10.2. The molecule has 0 aliphatic rings. The minimum absolute atomic E-state index is 0.124. The molecule has 8 heteroatoms. The second-order valence-electron chi connectivity index (χ2n) is 6.88. The van der Waals surface area contributed by atoms with Crippen molar-refractivity contribution < 1.29 is 13.2 Å². The average Bonchev–Trinajstić information content (AvgIpc) is 3.08. The van der Waals surface area contributed by atoms with Crippen molar-refractivity contribution in [3.8, 4) is 11.8 Å². The van der Waals surface area contributed by atoms with Crippen molar-refractivity contribution in [2.24, 2.45) is 0 Å². The summed E-state index contributed by atoms with van der Waals surface area (Å²) in [5.41, 5.74) is 2.66. The van der Waals surface area contributed by atoms with Crippen LogP contribution in [0.1, 0.15) is 36.7 Å². The van der Waals surface area contributed by atoms with E-state index in [0.717, 1.165) is 11.1 Å². The molecule has 0 aliphatic carbocycles. The summed E-state index contributed by atoms with van der Waals surface area (Å²) in [6, 6.07) is 12.2. The van der Waals surface area contributed by atoms with Crippen LogP contribution in [0.25, 0.3) is 0 Å². The second kappa shape index (κ2) is 8.57. The van der Waals surface area contributed by atoms with E-state index in [9.17, 15) is 8.42 Å². The fourth-order valence-electron chi connectivity index (χ4n) is 2.93. The van der Waals surface area contributed by atoms with Crippen LogP contribution in [0.5, 0.6) is 11.8 Å². The van der Waals surface area contributed by atoms with Crippen molar-refractivity contribution in [2.45, 2.75) is 45.2 Å². The lowest BCUT2D eigenvalue weighted by molar-refractivity contribution is 0.408. The summed E-state index contributed by atoms with van der Waals surface area (Å²) in [4.78, 5) is 4.46. The molecule has 154 valence electrons. The van der Waals surface area contributed by atoms with Gasteiger partial charge in [0.1, 0.15) is 5.75 Å². The number of nitrogens with one attached hydrogen (secondary N) is 1. The van der Waals surface area contributed by atoms with Crippen LogP contribution < -0.4 is 9.46 Å². The van der Waals surface area contributed by atoms with Crippen LogP contribution in [0.4, 0.5) is 0 Å². The standard InChI is InChI=1S/C21H24ClN3O3S/c1-5-25-20(13-23-21(25)28-17-9-6-14(2)7-10-17)16(4)24-29(26,27)18-11-8-15(3)19(22)12-18/h6-13,16,24H,5H2,1-4H3. The summed E-state index contributed by atoms with van der Waals surface area (Å²) in [6.07, 6.45) is 1.63. The zero-order valence-electron chi connectivity index (χ0n) is 16.8. The molecule has 0 aliphatic heterocycles. The zero-order chi connectivity index (χ0) is 21.2. The smallest absolute Gasteiger partial charge is 0.302 e. The van der Waals surface area contributed by atoms with Crippen molar-refractivity contribution in [3.63, 3.8) is 0 Å². The van der Waals surface area contributed by atoms with Gasteiger partial charge in [-0.25, -0.2) is 18.1 Å². The molecule has 0 saturated carbocycles. The van der Waals surface area contributed by atoms with Crippen molar-refractivity contribution >= 4 is 21.6 Å². The van der Waals surface area contributed by atoms with Gasteiger partial charge in [0.15, 0.2) is 0 Å². The highest BCUT2D eigenvalue weighted by Gasteiger charge is 2.23. The number of sulfonamides is 1. The molecule has 6 nitrogen and oxygen atoms in total. The Morgan fingerprint density at radius 1 is 1.17 bits per heavy atom. The van der Waals surface area contributed by atoms with Crippen LogP contribution in [0.3, 0.4) is 0 Å². The first-order valence-corrected chi connectivity index (χ1v) is 11.2. The third-order valence-corrected chi connectivity index (χ3v) is 6.57. The topological polar surface area (TPSA) is 73.2 Å². The Kier molecular flexibility index (Phi) is 6.31. The molecule has 1 atom stereocenters. The van der Waals surface area contributed by atoms with E-state index in [1.165, 1.54) is 6.07 Å². The Morgan fingerprint density at radius 3 is 2.48 bits per heavy atom. The molecule has 2 aromatic carbocycles. The molecule has 3 aromatic rings. The summed E-state index contributed by atoms with van der Waals surface area (Å²) >= 11 is 6.09. The Balaban J connectivity index is 1.83. The first-order chi connectivity index (χ1) is 13.7. The Bertz CT molecular complexity index is 1110. The number of aromatic nitrogens is 2. The van der Waals surface area contributed by atoms with Crippen LogP contribution in [0.15, 0.2) is 53.6 Å². The first-order valence-electron chi connectivity index (χ1n) is 9.29. The summed E-state index contributed by atoms with van der Waals surface area (Å²) < 4.78 is 36.0. The highest BCUT2D eigenvalue weighted by Crippen LogP contribution is 2.26. The number of hydrogen-bond donors (Lipinski definition) is 1. The van der Waals surface area contributed by atoms with Crippen LogP contribution >= 0.6 is 11.6 Å². The van der Waals surface area contributed by atoms with Crippen molar-refractivity contribution in [1.29, 1.82) is 0 Å². The normalized spacial score (nSPS) is 12.7. The maximum Gasteiger partial charge on any atom is 0.302 e. The zero-order valence-corrected chi connectivity index (χ0v) is 18.4. The Morgan fingerprint density at radius 2 is 1.86 bits per heavy atom. The highest BCUT2D eigenvalue weighted by atomic mass is 35.5. The molecular formula is C21H24ClN3O3S. The van der Waals surface area contributed by atoms with E-state index in [1.54, 1.807) is 25.3 Å². The van der Waals surface area contributed by atoms with E-state index in [2.05, 4.69) is 9.71 Å². The number of hydrogen-bond acceptors (Lipinski definition) is 4. The van der Waals surface area contributed by atoms with Crippen LogP contribution in [-0.2, 0) is 16.6 Å². The molecule has 0 spiro atoms. The molecule has 3 rings (SSSR count). The Labute approximate surface area is 176 Å². The van der Waals surface area contributed by atoms with Gasteiger partial charge in [-0.15, -0.1) is 0 Å². The molecule has 1 N–H and O–H groups in total. The minimum Gasteiger partial charge on any atom is -0.426 e. The van der Waals surface area contributed by atoms with E-state index in [-0.39, 0.29) is 4.90 Å². The number of ether oxygens (including phenoxy) is 1. The summed E-state index contributed by atoms with van der Waals surface area (Å²) in [5, 5.41) is 0.410. The molecule has 29 heavy (non-hydrogen) atoms. The van der Waals surface area contributed by atoms with Crippen LogP contribution in [0, 0.1) is 13.8 Å². The Hall–Kier alpha value is -2.35. The fourth-order valence-corrected chi connectivity index (χ4v) is 4.42. The van der Waals surface area contributed by atoms with E-state index in [4.69, 9.17) is 16.3 Å². The lowest BCUT2D eigenvalue weighted by Gasteiger charge is -2.17. The predicted octanol–water partition coefficient (Wildman–Crippen LogP) is 5.01. The first kappa shape index (κ1) is 21.4. The van der Waals surface area contributed by atoms with Gasteiger partial charge in [-0.2, -0.15) is 0 Å². The van der Waals surface area contributed by atoms with Gasteiger partial charge in [0.25, 0.3) is 0 Å². The summed E-state index contributed by atoms with van der Waals surface area (Å²) in [5.74, 6) is 0.671. The minimum atomic E-state index is -3.74. The van der Waals surface area contributed by atoms with E-state index in [0.29, 0.717) is 29.0 Å². The van der Waals surface area contributed by atoms with Gasteiger partial charge in [0, 0.05) is 11.6 Å². The highest BCUT2D eigenvalue weighted by molar-refractivity contribution is 7.89. The molecular weight excluding hydrogens is 410 g/mol. The van der Waals surface area contributed by atoms with Gasteiger partial charge in [-0.05, 0) is 57.5 Å². The largest absolute Gasteiger partial charge is 0.426 e. The molecule has 1 unspecified atom stereocenters. The number of halogens is 1. The maximum atomic E-state index is 12.8. The van der Waals surface area contributed by atoms with Crippen LogP contribution in [-0.4, -0.2) is 18.0 Å². The van der Waals surface area contributed by atoms with E-state index < -0.39 is 16.1 Å². The van der Waals surface area contributed by atoms with Crippen LogP contribution in [0.2, 0.25) is 5.02 Å². The van der Waals surface area contributed by atoms with Gasteiger partial charge in [-0.1, -0.05) is 35.4 Å². The van der Waals surface area contributed by atoms with Gasteiger partial charge in [0.2, 0.25) is 10.0 Å². The third-order valence-electron chi connectivity index (χ3n) is 4.63. The summed E-state index contributed by atoms with van der Waals surface area (Å²) in [7, 11) is -3.74. The number of nitrogens with zero attached hydrogens (tertiary/aromatic N) is 2. The molecule has 1 heterocycles. The maximum absolute atomic E-state index is 12.8. The number of benzene rings is 2. The SMILES string of the molecule is CCn1c(C(C)NS(=O)(=O)c2ccc(C)c(Cl)c2)cnc1Oc1ccc(C)cc1. The quantitative estimate of drug-likeness (QED) is 0.568. The number of rotatable bonds is 7. The number of imidazole rings is 1. The van der Waals surface area contributed by atoms with Crippen molar-refractivity contribution in [1.82, 2.24) is 14.3 Å². The predicted molar refractivity (Wildman–Crippen MR) is 114 cm³/mol. The second-order valence-corrected chi connectivity index (χ2v) is 9.00. The molecule has 0 amide bonds. The molecule has 0 bridgehead atoms. The molecule has 0 radical (unpaired) electrons. The van der Waals surface area contributed by atoms with Crippen molar-refractivity contribution in [3.05, 3.63) is 70.5 Å². The summed E-state index contributed by atoms with van der Waals surface area (Å²) in [6.45, 7) is 8.13. The molecule has 1 aromatic heterocycles. The van der Waals surface area contributed by atoms with Gasteiger partial charge < -0.3 is 4.74 Å². The average molecular weight is 434 g/mol. The van der Waals surface area contributed by atoms with E-state index >= 15 is 0 Å². The van der Waals surface area contributed by atoms with Gasteiger partial charge in [-0.3, -0.25) is 4.57 Å². The molecule has 0 fully saturated rings. The van der Waals surface area contributed by atoms with Gasteiger partial charge in [0.05, 0.1) is 22.8 Å². The van der Waals surface area contributed by atoms with E-state index in [1.807, 2.05) is 49.6 Å². The monoisotopic (exact) mass is 433 g/mol. The van der Waals surface area contributed by atoms with Crippen molar-refractivity contribution in [2.75, 3.05) is 0 Å². The third kappa shape index (κ3) is 4.80. The molecule has 0 saturated heterocycles.